The highest BCUT2D eigenvalue weighted by Crippen LogP contribution is 2.59. The summed E-state index contributed by atoms with van der Waals surface area (Å²) in [6, 6.07) is 14.0. The molecule has 1 atom stereocenters. The summed E-state index contributed by atoms with van der Waals surface area (Å²) in [6.07, 6.45) is 1.43. The van der Waals surface area contributed by atoms with Gasteiger partial charge in [-0.25, -0.2) is 13.6 Å². The first-order chi connectivity index (χ1) is 17.2. The van der Waals surface area contributed by atoms with Crippen molar-refractivity contribution in [1.82, 2.24) is 5.32 Å². The Hall–Kier alpha value is -3.78. The quantitative estimate of drug-likeness (QED) is 0.481. The highest BCUT2D eigenvalue weighted by molar-refractivity contribution is 6.33. The number of halogens is 3. The average Bonchev–Trinajstić information content (AvgIpc) is 3.63. The topological polar surface area (TPSA) is 75.7 Å². The molecule has 1 fully saturated rings. The molecule has 2 amide bonds. The van der Waals surface area contributed by atoms with Gasteiger partial charge in [-0.1, -0.05) is 29.8 Å². The second-order valence-corrected chi connectivity index (χ2v) is 9.31. The van der Waals surface area contributed by atoms with Gasteiger partial charge in [-0.15, -0.1) is 0 Å². The van der Waals surface area contributed by atoms with E-state index in [1.54, 1.807) is 35.2 Å². The summed E-state index contributed by atoms with van der Waals surface area (Å²) in [7, 11) is 1.19. The van der Waals surface area contributed by atoms with Gasteiger partial charge >= 0.3 is 5.97 Å². The number of ether oxygens (including phenoxy) is 1. The van der Waals surface area contributed by atoms with E-state index in [2.05, 4.69) is 5.32 Å². The van der Waals surface area contributed by atoms with Gasteiger partial charge in [-0.3, -0.25) is 14.5 Å². The minimum atomic E-state index is -1.10. The number of nitrogens with zero attached hydrogens (tertiary/aromatic N) is 1. The molecule has 9 heteroatoms. The van der Waals surface area contributed by atoms with Gasteiger partial charge in [-0.05, 0) is 66.4 Å². The normalized spacial score (nSPS) is 16.0. The van der Waals surface area contributed by atoms with Gasteiger partial charge in [0, 0.05) is 12.1 Å². The monoisotopic (exact) mass is 510 g/mol. The summed E-state index contributed by atoms with van der Waals surface area (Å²) in [5, 5.41) is 2.41. The smallest absolute Gasteiger partial charge is 0.328 e. The molecule has 0 bridgehead atoms. The van der Waals surface area contributed by atoms with E-state index in [4.69, 9.17) is 16.3 Å². The molecule has 0 aromatic heterocycles. The lowest BCUT2D eigenvalue weighted by atomic mass is 9.98. The maximum atomic E-state index is 14.2. The molecule has 184 valence electrons. The van der Waals surface area contributed by atoms with Crippen LogP contribution in [0.3, 0.4) is 0 Å². The van der Waals surface area contributed by atoms with Crippen LogP contribution in [0.2, 0.25) is 5.02 Å². The van der Waals surface area contributed by atoms with Crippen LogP contribution in [-0.4, -0.2) is 30.9 Å². The molecule has 1 aliphatic carbocycles. The second kappa shape index (κ2) is 9.02. The van der Waals surface area contributed by atoms with Crippen LogP contribution >= 0.6 is 11.6 Å². The van der Waals surface area contributed by atoms with Crippen molar-refractivity contribution in [3.63, 3.8) is 0 Å². The molecule has 0 saturated heterocycles. The van der Waals surface area contributed by atoms with Crippen molar-refractivity contribution in [3.8, 4) is 0 Å². The van der Waals surface area contributed by atoms with Crippen molar-refractivity contribution in [2.75, 3.05) is 12.0 Å². The standard InChI is InChI=1S/C27H21ClF2N2O4/c1-36-25(34)21(31-24(33)23-19(28)3-2-4-20(23)30)13-15-5-8-17(9-6-15)32-22-10-7-16(29)14-18(22)27(11-12-27)26(32)35/h2-10,14,21H,11-13H2,1H3,(H,31,33)/t21-/m0/s1. The number of carbonyl (C=O) groups excluding carboxylic acids is 3. The minimum absolute atomic E-state index is 0.0600. The SMILES string of the molecule is COC(=O)[C@H](Cc1ccc(N2C(=O)C3(CC3)c3cc(F)ccc32)cc1)NC(=O)c1c(F)cccc1Cl. The Kier molecular flexibility index (Phi) is 6.00. The van der Waals surface area contributed by atoms with E-state index in [1.165, 1.54) is 31.4 Å². The molecule has 0 unspecified atom stereocenters. The van der Waals surface area contributed by atoms with E-state index in [1.807, 2.05) is 0 Å². The number of benzene rings is 3. The van der Waals surface area contributed by atoms with E-state index in [-0.39, 0.29) is 28.7 Å². The number of methoxy groups -OCH3 is 1. The molecule has 1 heterocycles. The van der Waals surface area contributed by atoms with Gasteiger partial charge in [-0.2, -0.15) is 0 Å². The van der Waals surface area contributed by atoms with Crippen molar-refractivity contribution in [3.05, 3.63) is 94.0 Å². The van der Waals surface area contributed by atoms with Crippen molar-refractivity contribution < 1.29 is 27.9 Å². The van der Waals surface area contributed by atoms with E-state index in [9.17, 15) is 23.2 Å². The van der Waals surface area contributed by atoms with Gasteiger partial charge in [0.05, 0.1) is 28.8 Å². The van der Waals surface area contributed by atoms with Crippen LogP contribution in [0.1, 0.15) is 34.3 Å². The summed E-state index contributed by atoms with van der Waals surface area (Å²) in [5.74, 6) is -2.82. The average molecular weight is 511 g/mol. The number of anilines is 2. The highest BCUT2D eigenvalue weighted by Gasteiger charge is 2.59. The fourth-order valence-electron chi connectivity index (χ4n) is 4.69. The van der Waals surface area contributed by atoms with E-state index < -0.39 is 29.2 Å². The Morgan fingerprint density at radius 3 is 2.47 bits per heavy atom. The van der Waals surface area contributed by atoms with Crippen LogP contribution in [0.5, 0.6) is 0 Å². The van der Waals surface area contributed by atoms with Crippen molar-refractivity contribution >= 4 is 40.8 Å². The highest BCUT2D eigenvalue weighted by atomic mass is 35.5. The fourth-order valence-corrected chi connectivity index (χ4v) is 4.94. The zero-order valence-electron chi connectivity index (χ0n) is 19.2. The third-order valence-corrected chi connectivity index (χ3v) is 7.01. The first kappa shape index (κ1) is 23.9. The summed E-state index contributed by atoms with van der Waals surface area (Å²) >= 11 is 5.97. The van der Waals surface area contributed by atoms with Crippen molar-refractivity contribution in [1.29, 1.82) is 0 Å². The molecule has 1 aliphatic heterocycles. The van der Waals surface area contributed by atoms with Crippen LogP contribution in [0.25, 0.3) is 0 Å². The zero-order chi connectivity index (χ0) is 25.6. The fraction of sp³-hybridized carbons (Fsp3) is 0.222. The number of esters is 1. The summed E-state index contributed by atoms with van der Waals surface area (Å²) in [6.45, 7) is 0. The third kappa shape index (κ3) is 4.01. The largest absolute Gasteiger partial charge is 0.467 e. The predicted molar refractivity (Wildman–Crippen MR) is 129 cm³/mol. The molecular weight excluding hydrogens is 490 g/mol. The number of hydrogen-bond acceptors (Lipinski definition) is 4. The number of nitrogens with one attached hydrogen (secondary N) is 1. The lowest BCUT2D eigenvalue weighted by Crippen LogP contribution is -2.43. The molecule has 0 radical (unpaired) electrons. The molecule has 5 rings (SSSR count). The summed E-state index contributed by atoms with van der Waals surface area (Å²) < 4.78 is 32.8. The zero-order valence-corrected chi connectivity index (χ0v) is 19.9. The van der Waals surface area contributed by atoms with Gasteiger partial charge in [0.1, 0.15) is 17.7 Å². The lowest BCUT2D eigenvalue weighted by molar-refractivity contribution is -0.142. The molecule has 3 aromatic carbocycles. The molecule has 1 saturated carbocycles. The Bertz CT molecular complexity index is 1370. The number of rotatable bonds is 6. The molecule has 6 nitrogen and oxygen atoms in total. The molecule has 1 N–H and O–H groups in total. The van der Waals surface area contributed by atoms with Crippen LogP contribution < -0.4 is 10.2 Å². The van der Waals surface area contributed by atoms with Gasteiger partial charge in [0.2, 0.25) is 5.91 Å². The van der Waals surface area contributed by atoms with Gasteiger partial charge < -0.3 is 10.1 Å². The van der Waals surface area contributed by atoms with Gasteiger partial charge in [0.25, 0.3) is 5.91 Å². The Labute approximate surface area is 210 Å². The molecule has 36 heavy (non-hydrogen) atoms. The molecule has 1 spiro atoms. The first-order valence-electron chi connectivity index (χ1n) is 11.3. The second-order valence-electron chi connectivity index (χ2n) is 8.90. The van der Waals surface area contributed by atoms with E-state index in [0.29, 0.717) is 35.3 Å². The maximum Gasteiger partial charge on any atom is 0.328 e. The van der Waals surface area contributed by atoms with Crippen molar-refractivity contribution in [2.24, 2.45) is 0 Å². The number of hydrogen-bond donors (Lipinski definition) is 1. The van der Waals surface area contributed by atoms with Crippen LogP contribution in [0, 0.1) is 11.6 Å². The summed E-state index contributed by atoms with van der Waals surface area (Å²) in [4.78, 5) is 39.8. The van der Waals surface area contributed by atoms with E-state index in [0.717, 1.165) is 6.07 Å². The Morgan fingerprint density at radius 1 is 1.11 bits per heavy atom. The third-order valence-electron chi connectivity index (χ3n) is 6.69. The lowest BCUT2D eigenvalue weighted by Gasteiger charge is -2.20. The molecule has 2 aliphatic rings. The van der Waals surface area contributed by atoms with E-state index >= 15 is 0 Å². The first-order valence-corrected chi connectivity index (χ1v) is 11.7. The number of amides is 2. The Morgan fingerprint density at radius 2 is 1.83 bits per heavy atom. The van der Waals surface area contributed by atoms with Crippen molar-refractivity contribution in [2.45, 2.75) is 30.7 Å². The maximum absolute atomic E-state index is 14.2. The van der Waals surface area contributed by atoms with Crippen LogP contribution in [-0.2, 0) is 26.2 Å². The minimum Gasteiger partial charge on any atom is -0.467 e. The number of fused-ring (bicyclic) bond motifs is 2. The van der Waals surface area contributed by atoms with Crippen LogP contribution in [0.15, 0.2) is 60.7 Å². The molecule has 3 aromatic rings. The Balaban J connectivity index is 1.37. The van der Waals surface area contributed by atoms with Gasteiger partial charge in [0.15, 0.2) is 0 Å². The summed E-state index contributed by atoms with van der Waals surface area (Å²) in [5.41, 5.74) is 1.63. The predicted octanol–water partition coefficient (Wildman–Crippen LogP) is 4.84. The number of carbonyl (C=O) groups is 3. The molecular formula is C27H21ClF2N2O4. The van der Waals surface area contributed by atoms with Crippen LogP contribution in [0.4, 0.5) is 20.2 Å².